The van der Waals surface area contributed by atoms with Gasteiger partial charge in [-0.3, -0.25) is 4.90 Å². The van der Waals surface area contributed by atoms with Crippen molar-refractivity contribution in [2.24, 2.45) is 0 Å². The number of morpholine rings is 1. The predicted molar refractivity (Wildman–Crippen MR) is 104 cm³/mol. The van der Waals surface area contributed by atoms with Crippen LogP contribution < -0.4 is 5.32 Å². The standard InChI is InChI=1S/C21H33N3O2/c1-18-6-5-7-19(16-18)17-24(11-10-23-12-14-26-15-13-23)21(25)22-20-8-3-2-4-9-20/h5-7,16,20H,2-4,8-15,17H2,1H3,(H,22,25). The quantitative estimate of drug-likeness (QED) is 0.848. The van der Waals surface area contributed by atoms with Crippen LogP contribution >= 0.6 is 0 Å². The van der Waals surface area contributed by atoms with Crippen LogP contribution in [0.2, 0.25) is 0 Å². The minimum atomic E-state index is 0.0895. The van der Waals surface area contributed by atoms with Crippen LogP contribution in [0.1, 0.15) is 43.2 Å². The van der Waals surface area contributed by atoms with E-state index in [1.807, 2.05) is 4.90 Å². The number of ether oxygens (including phenoxy) is 1. The van der Waals surface area contributed by atoms with Crippen molar-refractivity contribution in [2.45, 2.75) is 51.6 Å². The Morgan fingerprint density at radius 2 is 2.00 bits per heavy atom. The average Bonchev–Trinajstić information content (AvgIpc) is 2.67. The Bertz CT molecular complexity index is 566. The fraction of sp³-hybridized carbons (Fsp3) is 0.667. The third-order valence-corrected chi connectivity index (χ3v) is 5.47. The van der Waals surface area contributed by atoms with E-state index in [2.05, 4.69) is 41.4 Å². The lowest BCUT2D eigenvalue weighted by molar-refractivity contribution is 0.0345. The zero-order valence-corrected chi connectivity index (χ0v) is 16.1. The Labute approximate surface area is 157 Å². The normalized spacial score (nSPS) is 19.3. The first-order valence-corrected chi connectivity index (χ1v) is 10.1. The maximum atomic E-state index is 12.9. The van der Waals surface area contributed by atoms with Crippen LogP contribution in [0.3, 0.4) is 0 Å². The first-order chi connectivity index (χ1) is 12.7. The molecule has 5 heteroatoms. The Kier molecular flexibility index (Phi) is 7.32. The predicted octanol–water partition coefficient (Wildman–Crippen LogP) is 3.17. The Morgan fingerprint density at radius 1 is 1.23 bits per heavy atom. The van der Waals surface area contributed by atoms with Crippen LogP contribution in [-0.4, -0.2) is 61.3 Å². The number of aryl methyl sites for hydroxylation is 1. The molecule has 0 bridgehead atoms. The van der Waals surface area contributed by atoms with Gasteiger partial charge >= 0.3 is 6.03 Å². The molecular formula is C21H33N3O2. The fourth-order valence-electron chi connectivity index (χ4n) is 3.88. The lowest BCUT2D eigenvalue weighted by Gasteiger charge is -2.32. The van der Waals surface area contributed by atoms with E-state index in [-0.39, 0.29) is 6.03 Å². The van der Waals surface area contributed by atoms with E-state index in [0.717, 1.165) is 52.2 Å². The number of carbonyl (C=O) groups excluding carboxylic acids is 1. The molecule has 0 radical (unpaired) electrons. The monoisotopic (exact) mass is 359 g/mol. The minimum Gasteiger partial charge on any atom is -0.379 e. The molecule has 26 heavy (non-hydrogen) atoms. The molecule has 1 N–H and O–H groups in total. The zero-order chi connectivity index (χ0) is 18.2. The van der Waals surface area contributed by atoms with Crippen LogP contribution in [0.5, 0.6) is 0 Å². The molecule has 1 aliphatic carbocycles. The number of hydrogen-bond acceptors (Lipinski definition) is 3. The summed E-state index contributed by atoms with van der Waals surface area (Å²) >= 11 is 0. The van der Waals surface area contributed by atoms with E-state index in [0.29, 0.717) is 12.6 Å². The molecule has 1 aromatic rings. The van der Waals surface area contributed by atoms with Gasteiger partial charge in [-0.1, -0.05) is 49.1 Å². The maximum absolute atomic E-state index is 12.9. The molecule has 3 rings (SSSR count). The largest absolute Gasteiger partial charge is 0.379 e. The highest BCUT2D eigenvalue weighted by atomic mass is 16.5. The molecule has 2 amide bonds. The van der Waals surface area contributed by atoms with E-state index >= 15 is 0 Å². The van der Waals surface area contributed by atoms with Gasteiger partial charge in [-0.25, -0.2) is 4.79 Å². The Balaban J connectivity index is 1.60. The highest BCUT2D eigenvalue weighted by molar-refractivity contribution is 5.74. The van der Waals surface area contributed by atoms with Crippen LogP contribution in [0, 0.1) is 6.92 Å². The van der Waals surface area contributed by atoms with Crippen molar-refractivity contribution >= 4 is 6.03 Å². The summed E-state index contributed by atoms with van der Waals surface area (Å²) < 4.78 is 5.43. The van der Waals surface area contributed by atoms with Crippen molar-refractivity contribution in [1.29, 1.82) is 0 Å². The summed E-state index contributed by atoms with van der Waals surface area (Å²) in [6.07, 6.45) is 6.00. The van der Waals surface area contributed by atoms with Gasteiger partial charge in [0.05, 0.1) is 13.2 Å². The highest BCUT2D eigenvalue weighted by Gasteiger charge is 2.21. The molecule has 1 heterocycles. The summed E-state index contributed by atoms with van der Waals surface area (Å²) in [7, 11) is 0. The second-order valence-electron chi connectivity index (χ2n) is 7.65. The van der Waals surface area contributed by atoms with Crippen molar-refractivity contribution in [1.82, 2.24) is 15.1 Å². The van der Waals surface area contributed by atoms with Gasteiger partial charge < -0.3 is 15.0 Å². The third-order valence-electron chi connectivity index (χ3n) is 5.47. The molecule has 1 aromatic carbocycles. The summed E-state index contributed by atoms with van der Waals surface area (Å²) in [5.74, 6) is 0. The fourth-order valence-corrected chi connectivity index (χ4v) is 3.88. The first kappa shape index (κ1) is 19.2. The van der Waals surface area contributed by atoms with E-state index in [1.165, 1.54) is 30.4 Å². The molecule has 2 fully saturated rings. The summed E-state index contributed by atoms with van der Waals surface area (Å²) in [4.78, 5) is 17.3. The van der Waals surface area contributed by atoms with Crippen molar-refractivity contribution in [3.8, 4) is 0 Å². The molecule has 0 spiro atoms. The number of benzene rings is 1. The Hall–Kier alpha value is -1.59. The first-order valence-electron chi connectivity index (χ1n) is 10.1. The lowest BCUT2D eigenvalue weighted by atomic mass is 9.96. The molecule has 1 saturated carbocycles. The molecule has 0 aromatic heterocycles. The number of nitrogens with one attached hydrogen (secondary N) is 1. The van der Waals surface area contributed by atoms with Gasteiger partial charge in [-0.05, 0) is 25.3 Å². The highest BCUT2D eigenvalue weighted by Crippen LogP contribution is 2.18. The van der Waals surface area contributed by atoms with Crippen molar-refractivity contribution in [2.75, 3.05) is 39.4 Å². The van der Waals surface area contributed by atoms with E-state index in [4.69, 9.17) is 4.74 Å². The lowest BCUT2D eigenvalue weighted by Crippen LogP contribution is -2.48. The van der Waals surface area contributed by atoms with Gasteiger partial charge in [0.25, 0.3) is 0 Å². The number of rotatable bonds is 6. The number of urea groups is 1. The minimum absolute atomic E-state index is 0.0895. The molecular weight excluding hydrogens is 326 g/mol. The summed E-state index contributed by atoms with van der Waals surface area (Å²) in [5.41, 5.74) is 2.44. The smallest absolute Gasteiger partial charge is 0.317 e. The molecule has 0 atom stereocenters. The molecule has 1 aliphatic heterocycles. The van der Waals surface area contributed by atoms with Gasteiger partial charge in [0.15, 0.2) is 0 Å². The summed E-state index contributed by atoms with van der Waals surface area (Å²) in [5, 5.41) is 3.29. The average molecular weight is 360 g/mol. The van der Waals surface area contributed by atoms with Crippen LogP contribution in [0.4, 0.5) is 4.79 Å². The SMILES string of the molecule is Cc1cccc(CN(CCN2CCOCC2)C(=O)NC2CCCCC2)c1. The topological polar surface area (TPSA) is 44.8 Å². The van der Waals surface area contributed by atoms with Crippen molar-refractivity contribution < 1.29 is 9.53 Å². The second kappa shape index (κ2) is 9.93. The maximum Gasteiger partial charge on any atom is 0.317 e. The third kappa shape index (κ3) is 5.99. The van der Waals surface area contributed by atoms with Crippen molar-refractivity contribution in [3.63, 3.8) is 0 Å². The van der Waals surface area contributed by atoms with Gasteiger partial charge in [0, 0.05) is 38.8 Å². The van der Waals surface area contributed by atoms with Crippen LogP contribution in [0.15, 0.2) is 24.3 Å². The molecule has 0 unspecified atom stereocenters. The Morgan fingerprint density at radius 3 is 2.73 bits per heavy atom. The summed E-state index contributed by atoms with van der Waals surface area (Å²) in [6, 6.07) is 8.90. The second-order valence-corrected chi connectivity index (χ2v) is 7.65. The molecule has 144 valence electrons. The number of hydrogen-bond donors (Lipinski definition) is 1. The van der Waals surface area contributed by atoms with Crippen LogP contribution in [-0.2, 0) is 11.3 Å². The summed E-state index contributed by atoms with van der Waals surface area (Å²) in [6.45, 7) is 7.96. The van der Waals surface area contributed by atoms with Gasteiger partial charge in [-0.2, -0.15) is 0 Å². The van der Waals surface area contributed by atoms with E-state index in [9.17, 15) is 4.79 Å². The molecule has 5 nitrogen and oxygen atoms in total. The van der Waals surface area contributed by atoms with Crippen molar-refractivity contribution in [3.05, 3.63) is 35.4 Å². The zero-order valence-electron chi connectivity index (χ0n) is 16.1. The van der Waals surface area contributed by atoms with Gasteiger partial charge in [-0.15, -0.1) is 0 Å². The molecule has 1 saturated heterocycles. The van der Waals surface area contributed by atoms with Gasteiger partial charge in [0.1, 0.15) is 0 Å². The van der Waals surface area contributed by atoms with Crippen LogP contribution in [0.25, 0.3) is 0 Å². The number of nitrogens with zero attached hydrogens (tertiary/aromatic N) is 2. The van der Waals surface area contributed by atoms with E-state index < -0.39 is 0 Å². The number of amides is 2. The van der Waals surface area contributed by atoms with E-state index in [1.54, 1.807) is 0 Å². The number of carbonyl (C=O) groups is 1. The van der Waals surface area contributed by atoms with Gasteiger partial charge in [0.2, 0.25) is 0 Å². The molecule has 2 aliphatic rings.